The first-order valence-electron chi connectivity index (χ1n) is 6.62. The van der Waals surface area contributed by atoms with Gasteiger partial charge in [-0.25, -0.2) is 19.9 Å². The zero-order chi connectivity index (χ0) is 14.7. The van der Waals surface area contributed by atoms with Crippen LogP contribution in [0.2, 0.25) is 0 Å². The molecule has 2 N–H and O–H groups in total. The Labute approximate surface area is 123 Å². The third kappa shape index (κ3) is 3.45. The molecule has 0 aliphatic heterocycles. The van der Waals surface area contributed by atoms with E-state index in [4.69, 9.17) is 5.73 Å². The second-order valence-corrected chi connectivity index (χ2v) is 5.69. The molecule has 2 aromatic rings. The lowest BCUT2D eigenvalue weighted by Gasteiger charge is -2.07. The van der Waals surface area contributed by atoms with Crippen LogP contribution in [0.3, 0.4) is 0 Å². The number of aromatic nitrogens is 4. The molecule has 0 aliphatic carbocycles. The van der Waals surface area contributed by atoms with Crippen LogP contribution in [0.25, 0.3) is 0 Å². The maximum absolute atomic E-state index is 5.82. The van der Waals surface area contributed by atoms with E-state index in [1.54, 1.807) is 6.07 Å². The van der Waals surface area contributed by atoms with Crippen LogP contribution >= 0.6 is 11.8 Å². The van der Waals surface area contributed by atoms with E-state index >= 15 is 0 Å². The van der Waals surface area contributed by atoms with Gasteiger partial charge in [0.2, 0.25) is 0 Å². The van der Waals surface area contributed by atoms with Crippen molar-refractivity contribution in [2.75, 3.05) is 5.73 Å². The monoisotopic (exact) mass is 289 g/mol. The van der Waals surface area contributed by atoms with Gasteiger partial charge in [-0.05, 0) is 44.5 Å². The summed E-state index contributed by atoms with van der Waals surface area (Å²) in [5.74, 6) is 1.27. The van der Waals surface area contributed by atoms with Crippen molar-refractivity contribution in [3.8, 4) is 0 Å². The van der Waals surface area contributed by atoms with Crippen molar-refractivity contribution < 1.29 is 0 Å². The highest BCUT2D eigenvalue weighted by Gasteiger charge is 2.09. The Morgan fingerprint density at radius 1 is 1.05 bits per heavy atom. The number of hydrogen-bond donors (Lipinski definition) is 1. The Bertz CT molecular complexity index is 604. The molecule has 2 rings (SSSR count). The average Bonchev–Trinajstić information content (AvgIpc) is 2.35. The molecule has 0 bridgehead atoms. The molecular formula is C14H19N5S. The van der Waals surface area contributed by atoms with Crippen molar-refractivity contribution in [2.45, 2.75) is 50.7 Å². The first-order chi connectivity index (χ1) is 9.49. The van der Waals surface area contributed by atoms with Crippen molar-refractivity contribution in [3.63, 3.8) is 0 Å². The van der Waals surface area contributed by atoms with Crippen LogP contribution in [-0.4, -0.2) is 19.9 Å². The van der Waals surface area contributed by atoms with E-state index in [0.29, 0.717) is 11.0 Å². The Morgan fingerprint density at radius 2 is 1.70 bits per heavy atom. The molecule has 20 heavy (non-hydrogen) atoms. The van der Waals surface area contributed by atoms with Crippen LogP contribution in [0.5, 0.6) is 0 Å². The van der Waals surface area contributed by atoms with Gasteiger partial charge < -0.3 is 5.73 Å². The first-order valence-corrected chi connectivity index (χ1v) is 7.44. The maximum atomic E-state index is 5.82. The topological polar surface area (TPSA) is 77.6 Å². The van der Waals surface area contributed by atoms with Crippen molar-refractivity contribution in [2.24, 2.45) is 0 Å². The third-order valence-electron chi connectivity index (χ3n) is 3.05. The maximum Gasteiger partial charge on any atom is 0.194 e. The number of nitrogens with zero attached hydrogens (tertiary/aromatic N) is 4. The molecule has 0 amide bonds. The van der Waals surface area contributed by atoms with Crippen molar-refractivity contribution >= 4 is 17.6 Å². The van der Waals surface area contributed by atoms with E-state index in [1.165, 1.54) is 11.8 Å². The fraction of sp³-hybridized carbons (Fsp3) is 0.429. The molecular weight excluding hydrogens is 270 g/mol. The van der Waals surface area contributed by atoms with Crippen molar-refractivity contribution in [1.82, 2.24) is 19.9 Å². The van der Waals surface area contributed by atoms with E-state index in [9.17, 15) is 0 Å². The Kier molecular flexibility index (Phi) is 4.54. The summed E-state index contributed by atoms with van der Waals surface area (Å²) in [6.45, 7) is 8.10. The van der Waals surface area contributed by atoms with E-state index in [2.05, 4.69) is 26.9 Å². The second-order valence-electron chi connectivity index (χ2n) is 4.70. The summed E-state index contributed by atoms with van der Waals surface area (Å²) in [5, 5.41) is 1.50. The lowest BCUT2D eigenvalue weighted by atomic mass is 10.2. The number of aryl methyl sites for hydroxylation is 3. The van der Waals surface area contributed by atoms with Crippen LogP contribution in [-0.2, 0) is 6.42 Å². The van der Waals surface area contributed by atoms with Crippen LogP contribution in [0, 0.1) is 20.8 Å². The predicted octanol–water partition coefficient (Wildman–Crippen LogP) is 2.88. The Morgan fingerprint density at radius 3 is 2.30 bits per heavy atom. The highest BCUT2D eigenvalue weighted by molar-refractivity contribution is 7.99. The number of hydrogen-bond acceptors (Lipinski definition) is 6. The van der Waals surface area contributed by atoms with Gasteiger partial charge in [-0.1, -0.05) is 6.92 Å². The molecule has 2 heterocycles. The molecule has 0 saturated heterocycles. The summed E-state index contributed by atoms with van der Waals surface area (Å²) in [5.41, 5.74) is 8.94. The van der Waals surface area contributed by atoms with Crippen LogP contribution in [0.1, 0.15) is 36.1 Å². The molecule has 0 aliphatic rings. The number of nitrogens with two attached hydrogens (primary N) is 1. The zero-order valence-corrected chi connectivity index (χ0v) is 13.1. The van der Waals surface area contributed by atoms with E-state index < -0.39 is 0 Å². The van der Waals surface area contributed by atoms with Crippen LogP contribution < -0.4 is 5.73 Å². The second kappa shape index (κ2) is 6.17. The predicted molar refractivity (Wildman–Crippen MR) is 80.8 cm³/mol. The van der Waals surface area contributed by atoms with Gasteiger partial charge in [0.1, 0.15) is 16.7 Å². The van der Waals surface area contributed by atoms with E-state index in [0.717, 1.165) is 40.6 Å². The minimum atomic E-state index is 0.492. The minimum absolute atomic E-state index is 0.492. The molecule has 0 spiro atoms. The molecule has 2 aromatic heterocycles. The lowest BCUT2D eigenvalue weighted by Crippen LogP contribution is -2.02. The molecule has 0 unspecified atom stereocenters. The summed E-state index contributed by atoms with van der Waals surface area (Å²) in [7, 11) is 0. The number of anilines is 1. The SMILES string of the molecule is CCCc1nc(N)cc(Sc2nc(C)c(C)c(C)n2)n1. The van der Waals surface area contributed by atoms with E-state index in [1.807, 2.05) is 20.8 Å². The smallest absolute Gasteiger partial charge is 0.194 e. The molecule has 5 nitrogen and oxygen atoms in total. The van der Waals surface area contributed by atoms with Gasteiger partial charge in [-0.15, -0.1) is 0 Å². The summed E-state index contributed by atoms with van der Waals surface area (Å²) < 4.78 is 0. The normalized spacial score (nSPS) is 10.8. The molecule has 106 valence electrons. The van der Waals surface area contributed by atoms with Crippen LogP contribution in [0.4, 0.5) is 5.82 Å². The fourth-order valence-electron chi connectivity index (χ4n) is 1.76. The molecule has 0 atom stereocenters. The van der Waals surface area contributed by atoms with Gasteiger partial charge >= 0.3 is 0 Å². The Balaban J connectivity index is 2.30. The number of nitrogen functional groups attached to an aromatic ring is 1. The quantitative estimate of drug-likeness (QED) is 0.689. The van der Waals surface area contributed by atoms with Gasteiger partial charge in [0.05, 0.1) is 0 Å². The van der Waals surface area contributed by atoms with Gasteiger partial charge in [0, 0.05) is 23.9 Å². The summed E-state index contributed by atoms with van der Waals surface area (Å²) in [4.78, 5) is 17.7. The lowest BCUT2D eigenvalue weighted by molar-refractivity contribution is 0.810. The molecule has 0 saturated carbocycles. The standard InChI is InChI=1S/C14H19N5S/c1-5-6-12-18-11(15)7-13(19-12)20-14-16-9(3)8(2)10(4)17-14/h7H,5-6H2,1-4H3,(H2,15,18,19). The minimum Gasteiger partial charge on any atom is -0.384 e. The van der Waals surface area contributed by atoms with Gasteiger partial charge in [-0.3, -0.25) is 0 Å². The molecule has 6 heteroatoms. The van der Waals surface area contributed by atoms with Crippen molar-refractivity contribution in [1.29, 1.82) is 0 Å². The number of rotatable bonds is 4. The van der Waals surface area contributed by atoms with Gasteiger partial charge in [0.15, 0.2) is 5.16 Å². The van der Waals surface area contributed by atoms with Crippen molar-refractivity contribution in [3.05, 3.63) is 28.8 Å². The summed E-state index contributed by atoms with van der Waals surface area (Å²) in [6.07, 6.45) is 1.82. The average molecular weight is 289 g/mol. The highest BCUT2D eigenvalue weighted by Crippen LogP contribution is 2.25. The van der Waals surface area contributed by atoms with Gasteiger partial charge in [-0.2, -0.15) is 0 Å². The molecule has 0 radical (unpaired) electrons. The third-order valence-corrected chi connectivity index (χ3v) is 3.83. The Hall–Kier alpha value is -1.69. The largest absolute Gasteiger partial charge is 0.384 e. The van der Waals surface area contributed by atoms with Gasteiger partial charge in [0.25, 0.3) is 0 Å². The highest BCUT2D eigenvalue weighted by atomic mass is 32.2. The molecule has 0 fully saturated rings. The fourth-order valence-corrected chi connectivity index (χ4v) is 2.64. The zero-order valence-electron chi connectivity index (χ0n) is 12.3. The van der Waals surface area contributed by atoms with Crippen LogP contribution in [0.15, 0.2) is 16.2 Å². The summed E-state index contributed by atoms with van der Waals surface area (Å²) >= 11 is 1.43. The summed E-state index contributed by atoms with van der Waals surface area (Å²) in [6, 6.07) is 1.76. The first kappa shape index (κ1) is 14.7. The molecule has 0 aromatic carbocycles. The van der Waals surface area contributed by atoms with E-state index in [-0.39, 0.29) is 0 Å².